The summed E-state index contributed by atoms with van der Waals surface area (Å²) >= 11 is 3.49. The van der Waals surface area contributed by atoms with Gasteiger partial charge in [0.2, 0.25) is 0 Å². The first-order chi connectivity index (χ1) is 10.3. The molecule has 2 aromatic rings. The van der Waals surface area contributed by atoms with Gasteiger partial charge in [0.05, 0.1) is 10.2 Å². The minimum absolute atomic E-state index is 0.0406. The summed E-state index contributed by atoms with van der Waals surface area (Å²) in [5, 5.41) is 4.26. The SMILES string of the molecule is Cc1nn(C(=O)COc2ccc(C(C)C)cc2Br)c(C)c1C. The molecule has 0 aliphatic rings. The second-order valence-electron chi connectivity index (χ2n) is 5.73. The number of halogens is 1. The molecular formula is C17H21BrN2O2. The van der Waals surface area contributed by atoms with Gasteiger partial charge in [-0.25, -0.2) is 4.68 Å². The highest BCUT2D eigenvalue weighted by atomic mass is 79.9. The highest BCUT2D eigenvalue weighted by molar-refractivity contribution is 9.10. The largest absolute Gasteiger partial charge is 0.483 e. The zero-order chi connectivity index (χ0) is 16.4. The topological polar surface area (TPSA) is 44.1 Å². The first-order valence-corrected chi connectivity index (χ1v) is 8.08. The monoisotopic (exact) mass is 364 g/mol. The van der Waals surface area contributed by atoms with E-state index in [1.54, 1.807) is 0 Å². The van der Waals surface area contributed by atoms with E-state index in [0.717, 1.165) is 21.4 Å². The van der Waals surface area contributed by atoms with Gasteiger partial charge in [-0.1, -0.05) is 19.9 Å². The number of aromatic nitrogens is 2. The lowest BCUT2D eigenvalue weighted by Gasteiger charge is -2.11. The van der Waals surface area contributed by atoms with Crippen LogP contribution in [0.15, 0.2) is 22.7 Å². The van der Waals surface area contributed by atoms with E-state index in [-0.39, 0.29) is 12.5 Å². The zero-order valence-electron chi connectivity index (χ0n) is 13.6. The van der Waals surface area contributed by atoms with Crippen molar-refractivity contribution in [2.45, 2.75) is 40.5 Å². The molecule has 0 radical (unpaired) electrons. The third kappa shape index (κ3) is 3.40. The molecule has 0 bridgehead atoms. The maximum Gasteiger partial charge on any atom is 0.284 e. The van der Waals surface area contributed by atoms with E-state index < -0.39 is 0 Å². The molecule has 1 aromatic carbocycles. The highest BCUT2D eigenvalue weighted by Gasteiger charge is 2.15. The molecule has 4 nitrogen and oxygen atoms in total. The summed E-state index contributed by atoms with van der Waals surface area (Å²) in [6.45, 7) is 9.98. The van der Waals surface area contributed by atoms with Crippen LogP contribution in [-0.4, -0.2) is 22.3 Å². The van der Waals surface area contributed by atoms with Crippen LogP contribution in [0.3, 0.4) is 0 Å². The zero-order valence-corrected chi connectivity index (χ0v) is 15.2. The van der Waals surface area contributed by atoms with Crippen LogP contribution >= 0.6 is 15.9 Å². The Morgan fingerprint density at radius 1 is 1.32 bits per heavy atom. The summed E-state index contributed by atoms with van der Waals surface area (Å²) in [7, 11) is 0. The Hall–Kier alpha value is -1.62. The quantitative estimate of drug-likeness (QED) is 0.806. The van der Waals surface area contributed by atoms with Crippen molar-refractivity contribution >= 4 is 21.8 Å². The lowest BCUT2D eigenvalue weighted by molar-refractivity contribution is 0.0817. The van der Waals surface area contributed by atoms with E-state index in [9.17, 15) is 4.79 Å². The lowest BCUT2D eigenvalue weighted by atomic mass is 10.0. The molecule has 0 N–H and O–H groups in total. The number of rotatable bonds is 4. The fourth-order valence-electron chi connectivity index (χ4n) is 2.16. The normalized spacial score (nSPS) is 11.0. The van der Waals surface area contributed by atoms with Crippen LogP contribution in [-0.2, 0) is 0 Å². The van der Waals surface area contributed by atoms with Gasteiger partial charge in [-0.05, 0) is 65.9 Å². The molecule has 0 saturated heterocycles. The van der Waals surface area contributed by atoms with Gasteiger partial charge in [0, 0.05) is 5.69 Å². The Labute approximate surface area is 139 Å². The van der Waals surface area contributed by atoms with Crippen LogP contribution in [0.4, 0.5) is 0 Å². The van der Waals surface area contributed by atoms with Gasteiger partial charge >= 0.3 is 0 Å². The number of hydrogen-bond donors (Lipinski definition) is 0. The molecule has 0 fully saturated rings. The molecular weight excluding hydrogens is 344 g/mol. The molecule has 118 valence electrons. The summed E-state index contributed by atoms with van der Waals surface area (Å²) in [6.07, 6.45) is 0. The second-order valence-corrected chi connectivity index (χ2v) is 6.59. The maximum absolute atomic E-state index is 12.3. The number of carbonyl (C=O) groups excluding carboxylic acids is 1. The Kier molecular flexibility index (Phi) is 5.06. The number of benzene rings is 1. The van der Waals surface area contributed by atoms with Gasteiger partial charge < -0.3 is 4.74 Å². The van der Waals surface area contributed by atoms with Crippen molar-refractivity contribution in [3.8, 4) is 5.75 Å². The van der Waals surface area contributed by atoms with E-state index in [2.05, 4.69) is 34.9 Å². The predicted molar refractivity (Wildman–Crippen MR) is 90.8 cm³/mol. The third-order valence-corrected chi connectivity index (χ3v) is 4.48. The second kappa shape index (κ2) is 6.65. The van der Waals surface area contributed by atoms with E-state index in [4.69, 9.17) is 4.74 Å². The Morgan fingerprint density at radius 2 is 2.00 bits per heavy atom. The highest BCUT2D eigenvalue weighted by Crippen LogP contribution is 2.28. The fourth-order valence-corrected chi connectivity index (χ4v) is 2.67. The van der Waals surface area contributed by atoms with Crippen molar-refractivity contribution in [2.75, 3.05) is 6.61 Å². The van der Waals surface area contributed by atoms with Crippen molar-refractivity contribution in [2.24, 2.45) is 0 Å². The Balaban J connectivity index is 2.09. The standard InChI is InChI=1S/C17H21BrN2O2/c1-10(2)14-6-7-16(15(18)8-14)22-9-17(21)20-13(5)11(3)12(4)19-20/h6-8,10H,9H2,1-5H3. The molecule has 2 rings (SSSR count). The van der Waals surface area contributed by atoms with Crippen LogP contribution in [0.1, 0.15) is 47.1 Å². The molecule has 0 amide bonds. The minimum Gasteiger partial charge on any atom is -0.483 e. The van der Waals surface area contributed by atoms with Crippen molar-refractivity contribution in [1.82, 2.24) is 9.78 Å². The minimum atomic E-state index is -0.173. The van der Waals surface area contributed by atoms with Crippen molar-refractivity contribution in [3.05, 3.63) is 45.2 Å². The van der Waals surface area contributed by atoms with Crippen molar-refractivity contribution in [1.29, 1.82) is 0 Å². The fraction of sp³-hybridized carbons (Fsp3) is 0.412. The lowest BCUT2D eigenvalue weighted by Crippen LogP contribution is -2.21. The molecule has 0 aliphatic carbocycles. The Morgan fingerprint density at radius 3 is 2.50 bits per heavy atom. The maximum atomic E-state index is 12.3. The van der Waals surface area contributed by atoms with Gasteiger partial charge in [-0.2, -0.15) is 5.10 Å². The summed E-state index contributed by atoms with van der Waals surface area (Å²) in [4.78, 5) is 12.3. The summed E-state index contributed by atoms with van der Waals surface area (Å²) in [5.41, 5.74) is 3.99. The number of carbonyl (C=O) groups is 1. The first kappa shape index (κ1) is 16.7. The molecule has 22 heavy (non-hydrogen) atoms. The van der Waals surface area contributed by atoms with Gasteiger partial charge in [-0.3, -0.25) is 4.79 Å². The van der Waals surface area contributed by atoms with Gasteiger partial charge in [0.25, 0.3) is 5.91 Å². The molecule has 1 aromatic heterocycles. The van der Waals surface area contributed by atoms with Crippen LogP contribution < -0.4 is 4.74 Å². The molecule has 1 heterocycles. The summed E-state index contributed by atoms with van der Waals surface area (Å²) in [6, 6.07) is 5.93. The molecule has 0 atom stereocenters. The smallest absolute Gasteiger partial charge is 0.284 e. The first-order valence-electron chi connectivity index (χ1n) is 7.29. The van der Waals surface area contributed by atoms with Crippen LogP contribution in [0.2, 0.25) is 0 Å². The van der Waals surface area contributed by atoms with Crippen LogP contribution in [0.5, 0.6) is 5.75 Å². The number of hydrogen-bond acceptors (Lipinski definition) is 3. The van der Waals surface area contributed by atoms with Crippen LogP contribution in [0.25, 0.3) is 0 Å². The molecule has 0 aliphatic heterocycles. The van der Waals surface area contributed by atoms with Crippen molar-refractivity contribution < 1.29 is 9.53 Å². The number of ether oxygens (including phenoxy) is 1. The molecule has 0 spiro atoms. The predicted octanol–water partition coefficient (Wildman–Crippen LogP) is 4.41. The number of nitrogens with zero attached hydrogens (tertiary/aromatic N) is 2. The van der Waals surface area contributed by atoms with Gasteiger partial charge in [0.15, 0.2) is 6.61 Å². The summed E-state index contributed by atoms with van der Waals surface area (Å²) in [5.74, 6) is 0.939. The summed E-state index contributed by atoms with van der Waals surface area (Å²) < 4.78 is 7.91. The molecule has 0 unspecified atom stereocenters. The molecule has 5 heteroatoms. The molecule has 0 saturated carbocycles. The number of aryl methyl sites for hydroxylation is 1. The van der Waals surface area contributed by atoms with Gasteiger partial charge in [0.1, 0.15) is 5.75 Å². The Bertz CT molecular complexity index is 705. The average Bonchev–Trinajstić information content (AvgIpc) is 2.73. The van der Waals surface area contributed by atoms with E-state index in [1.807, 2.05) is 39.0 Å². The van der Waals surface area contributed by atoms with E-state index >= 15 is 0 Å². The van der Waals surface area contributed by atoms with Crippen molar-refractivity contribution in [3.63, 3.8) is 0 Å². The van der Waals surface area contributed by atoms with Crippen LogP contribution in [0, 0.1) is 20.8 Å². The van der Waals surface area contributed by atoms with E-state index in [0.29, 0.717) is 11.7 Å². The van der Waals surface area contributed by atoms with Gasteiger partial charge in [-0.15, -0.1) is 0 Å². The van der Waals surface area contributed by atoms with E-state index in [1.165, 1.54) is 10.2 Å². The average molecular weight is 365 g/mol. The third-order valence-electron chi connectivity index (χ3n) is 3.86.